The van der Waals surface area contributed by atoms with E-state index in [4.69, 9.17) is 4.74 Å². The molecule has 0 bridgehead atoms. The van der Waals surface area contributed by atoms with Crippen molar-refractivity contribution in [2.45, 2.75) is 13.0 Å². The molecule has 0 saturated heterocycles. The Bertz CT molecular complexity index is 593. The van der Waals surface area contributed by atoms with Gasteiger partial charge >= 0.3 is 0 Å². The van der Waals surface area contributed by atoms with Crippen molar-refractivity contribution in [1.82, 2.24) is 10.6 Å². The van der Waals surface area contributed by atoms with Crippen LogP contribution >= 0.6 is 12.4 Å². The summed E-state index contributed by atoms with van der Waals surface area (Å²) >= 11 is 0. The van der Waals surface area contributed by atoms with Crippen molar-refractivity contribution in [2.75, 3.05) is 20.2 Å². The van der Waals surface area contributed by atoms with Crippen LogP contribution < -0.4 is 15.4 Å². The maximum absolute atomic E-state index is 12.3. The summed E-state index contributed by atoms with van der Waals surface area (Å²) in [6.45, 7) is 2.95. The van der Waals surface area contributed by atoms with Gasteiger partial charge in [0, 0.05) is 12.5 Å². The second-order valence-corrected chi connectivity index (χ2v) is 5.55. The predicted octanol–water partition coefficient (Wildman–Crippen LogP) is 3.20. The van der Waals surface area contributed by atoms with Crippen molar-refractivity contribution in [3.8, 4) is 5.75 Å². The maximum Gasteiger partial charge on any atom is 0.224 e. The third-order valence-corrected chi connectivity index (χ3v) is 3.64. The zero-order chi connectivity index (χ0) is 16.5. The highest BCUT2D eigenvalue weighted by molar-refractivity contribution is 5.85. The average Bonchev–Trinajstić information content (AvgIpc) is 2.60. The lowest BCUT2D eigenvalue weighted by Crippen LogP contribution is -2.38. The van der Waals surface area contributed by atoms with Crippen LogP contribution in [0.25, 0.3) is 0 Å². The standard InChI is InChI=1S/C19H24N2O2.ClH/c1-15(13-20-2)19(22)21-18(16-9-5-3-6-10-16)14-23-17-11-7-4-8-12-17;/h3-12,15,18,20H,13-14H2,1-2H3,(H,21,22);1H. The molecule has 2 aromatic rings. The summed E-state index contributed by atoms with van der Waals surface area (Å²) in [4.78, 5) is 12.3. The Labute approximate surface area is 150 Å². The zero-order valence-corrected chi connectivity index (χ0v) is 14.9. The number of amides is 1. The van der Waals surface area contributed by atoms with Crippen molar-refractivity contribution in [1.29, 1.82) is 0 Å². The third kappa shape index (κ3) is 6.22. The van der Waals surface area contributed by atoms with E-state index in [2.05, 4.69) is 10.6 Å². The SMILES string of the molecule is CNCC(C)C(=O)NC(COc1ccccc1)c1ccccc1.Cl. The van der Waals surface area contributed by atoms with Crippen molar-refractivity contribution in [2.24, 2.45) is 5.92 Å². The Kier molecular flexibility index (Phi) is 8.90. The number of hydrogen-bond acceptors (Lipinski definition) is 3. The van der Waals surface area contributed by atoms with Gasteiger partial charge in [-0.15, -0.1) is 12.4 Å². The van der Waals surface area contributed by atoms with Crippen LogP contribution in [-0.4, -0.2) is 26.1 Å². The van der Waals surface area contributed by atoms with E-state index in [1.54, 1.807) is 0 Å². The van der Waals surface area contributed by atoms with Gasteiger partial charge < -0.3 is 15.4 Å². The Morgan fingerprint density at radius 3 is 2.21 bits per heavy atom. The molecule has 2 rings (SSSR count). The predicted molar refractivity (Wildman–Crippen MR) is 99.6 cm³/mol. The van der Waals surface area contributed by atoms with Crippen LogP contribution in [0.15, 0.2) is 60.7 Å². The molecule has 5 heteroatoms. The smallest absolute Gasteiger partial charge is 0.224 e. The van der Waals surface area contributed by atoms with Gasteiger partial charge in [-0.2, -0.15) is 0 Å². The van der Waals surface area contributed by atoms with Crippen molar-refractivity contribution in [3.63, 3.8) is 0 Å². The summed E-state index contributed by atoms with van der Waals surface area (Å²) in [5, 5.41) is 6.11. The van der Waals surface area contributed by atoms with Crippen molar-refractivity contribution >= 4 is 18.3 Å². The highest BCUT2D eigenvalue weighted by Crippen LogP contribution is 2.16. The van der Waals surface area contributed by atoms with E-state index in [1.807, 2.05) is 74.6 Å². The number of nitrogens with one attached hydrogen (secondary N) is 2. The quantitative estimate of drug-likeness (QED) is 0.770. The molecular weight excluding hydrogens is 324 g/mol. The first kappa shape index (κ1) is 20.0. The number of ether oxygens (including phenoxy) is 1. The second-order valence-electron chi connectivity index (χ2n) is 5.55. The fourth-order valence-corrected chi connectivity index (χ4v) is 2.32. The molecule has 0 aliphatic heterocycles. The summed E-state index contributed by atoms with van der Waals surface area (Å²) in [5.74, 6) is 0.721. The molecular formula is C19H25ClN2O2. The first-order valence-corrected chi connectivity index (χ1v) is 7.88. The molecule has 2 aromatic carbocycles. The number of halogens is 1. The largest absolute Gasteiger partial charge is 0.491 e. The van der Waals surface area contributed by atoms with Crippen molar-refractivity contribution in [3.05, 3.63) is 66.2 Å². The Morgan fingerprint density at radius 1 is 1.04 bits per heavy atom. The average molecular weight is 349 g/mol. The van der Waals surface area contributed by atoms with Gasteiger partial charge in [-0.1, -0.05) is 55.5 Å². The molecule has 4 nitrogen and oxygen atoms in total. The van der Waals surface area contributed by atoms with Crippen LogP contribution in [-0.2, 0) is 4.79 Å². The lowest BCUT2D eigenvalue weighted by Gasteiger charge is -2.22. The number of carbonyl (C=O) groups is 1. The Balaban J connectivity index is 0.00000288. The molecule has 0 aromatic heterocycles. The fourth-order valence-electron chi connectivity index (χ4n) is 2.32. The minimum atomic E-state index is -0.178. The Hall–Kier alpha value is -2.04. The highest BCUT2D eigenvalue weighted by atomic mass is 35.5. The normalized spacial score (nSPS) is 12.6. The van der Waals surface area contributed by atoms with E-state index >= 15 is 0 Å². The first-order chi connectivity index (χ1) is 11.2. The first-order valence-electron chi connectivity index (χ1n) is 7.88. The van der Waals surface area contributed by atoms with Gasteiger partial charge in [0.2, 0.25) is 5.91 Å². The van der Waals surface area contributed by atoms with Crippen LogP contribution in [0.2, 0.25) is 0 Å². The van der Waals surface area contributed by atoms with E-state index in [9.17, 15) is 4.79 Å². The van der Waals surface area contributed by atoms with Gasteiger partial charge in [0.1, 0.15) is 12.4 Å². The number of rotatable bonds is 8. The monoisotopic (exact) mass is 348 g/mol. The molecule has 130 valence electrons. The van der Waals surface area contributed by atoms with E-state index < -0.39 is 0 Å². The molecule has 2 N–H and O–H groups in total. The fraction of sp³-hybridized carbons (Fsp3) is 0.316. The summed E-state index contributed by atoms with van der Waals surface area (Å²) in [7, 11) is 1.84. The van der Waals surface area contributed by atoms with Crippen molar-refractivity contribution < 1.29 is 9.53 Å². The number of hydrogen-bond donors (Lipinski definition) is 2. The van der Waals surface area contributed by atoms with Crippen LogP contribution in [0.1, 0.15) is 18.5 Å². The number of benzene rings is 2. The molecule has 0 fully saturated rings. The molecule has 0 aliphatic carbocycles. The number of para-hydroxylation sites is 1. The summed E-state index contributed by atoms with van der Waals surface area (Å²) < 4.78 is 5.83. The molecule has 1 amide bonds. The van der Waals surface area contributed by atoms with Gasteiger partial charge in [-0.25, -0.2) is 0 Å². The summed E-state index contributed by atoms with van der Waals surface area (Å²) in [6, 6.07) is 19.4. The maximum atomic E-state index is 12.3. The lowest BCUT2D eigenvalue weighted by atomic mass is 10.1. The van der Waals surface area contributed by atoms with Gasteiger partial charge in [0.25, 0.3) is 0 Å². The van der Waals surface area contributed by atoms with Gasteiger partial charge in [-0.05, 0) is 24.7 Å². The molecule has 0 saturated carbocycles. The van der Waals surface area contributed by atoms with Crippen LogP contribution in [0.3, 0.4) is 0 Å². The molecule has 0 aliphatic rings. The molecule has 2 unspecified atom stereocenters. The van der Waals surface area contributed by atoms with E-state index in [-0.39, 0.29) is 30.3 Å². The van der Waals surface area contributed by atoms with E-state index in [1.165, 1.54) is 0 Å². The van der Waals surface area contributed by atoms with Crippen LogP contribution in [0.5, 0.6) is 5.75 Å². The molecule has 24 heavy (non-hydrogen) atoms. The molecule has 0 radical (unpaired) electrons. The molecule has 2 atom stereocenters. The summed E-state index contributed by atoms with van der Waals surface area (Å²) in [6.07, 6.45) is 0. The molecule has 0 spiro atoms. The topological polar surface area (TPSA) is 50.4 Å². The minimum absolute atomic E-state index is 0. The number of carbonyl (C=O) groups excluding carboxylic acids is 1. The van der Waals surface area contributed by atoms with Gasteiger partial charge in [-0.3, -0.25) is 4.79 Å². The highest BCUT2D eigenvalue weighted by Gasteiger charge is 2.19. The summed E-state index contributed by atoms with van der Waals surface area (Å²) in [5.41, 5.74) is 1.04. The Morgan fingerprint density at radius 2 is 1.62 bits per heavy atom. The zero-order valence-electron chi connectivity index (χ0n) is 14.1. The van der Waals surface area contributed by atoms with E-state index in [0.29, 0.717) is 13.2 Å². The molecule has 0 heterocycles. The minimum Gasteiger partial charge on any atom is -0.491 e. The van der Waals surface area contributed by atoms with Gasteiger partial charge in [0.05, 0.1) is 6.04 Å². The van der Waals surface area contributed by atoms with Crippen LogP contribution in [0.4, 0.5) is 0 Å². The van der Waals surface area contributed by atoms with Gasteiger partial charge in [0.15, 0.2) is 0 Å². The van der Waals surface area contributed by atoms with Crippen LogP contribution in [0, 0.1) is 5.92 Å². The third-order valence-electron chi connectivity index (χ3n) is 3.64. The second kappa shape index (κ2) is 10.7. The van der Waals surface area contributed by atoms with E-state index in [0.717, 1.165) is 11.3 Å². The lowest BCUT2D eigenvalue weighted by molar-refractivity contribution is -0.125.